The van der Waals surface area contributed by atoms with Gasteiger partial charge in [-0.2, -0.15) is 0 Å². The fourth-order valence-electron chi connectivity index (χ4n) is 1.53. The molecule has 0 radical (unpaired) electrons. The quantitative estimate of drug-likeness (QED) is 0.858. The average molecular weight is 290 g/mol. The number of hydrogen-bond donors (Lipinski definition) is 2. The molecule has 2 aromatic rings. The summed E-state index contributed by atoms with van der Waals surface area (Å²) in [6.07, 6.45) is 3.44. The lowest BCUT2D eigenvalue weighted by Crippen LogP contribution is -2.23. The van der Waals surface area contributed by atoms with Crippen LogP contribution in [0.15, 0.2) is 29.9 Å². The van der Waals surface area contributed by atoms with Crippen LogP contribution < -0.4 is 10.6 Å². The molecule has 0 aromatic carbocycles. The molecule has 6 heteroatoms. The molecule has 20 heavy (non-hydrogen) atoms. The highest BCUT2D eigenvalue weighted by Gasteiger charge is 2.10. The van der Waals surface area contributed by atoms with Gasteiger partial charge < -0.3 is 10.6 Å². The fraction of sp³-hybridized carbons (Fsp3) is 0.357. The number of thiazole rings is 1. The van der Waals surface area contributed by atoms with E-state index in [2.05, 4.69) is 34.4 Å². The van der Waals surface area contributed by atoms with Crippen molar-refractivity contribution in [3.05, 3.63) is 41.2 Å². The molecule has 0 fully saturated rings. The van der Waals surface area contributed by atoms with Crippen molar-refractivity contribution in [1.82, 2.24) is 15.3 Å². The van der Waals surface area contributed by atoms with Crippen LogP contribution in [0.4, 0.5) is 5.13 Å². The van der Waals surface area contributed by atoms with E-state index in [0.717, 1.165) is 17.2 Å². The lowest BCUT2D eigenvalue weighted by Gasteiger charge is -2.04. The predicted molar refractivity (Wildman–Crippen MR) is 80.8 cm³/mol. The van der Waals surface area contributed by atoms with Gasteiger partial charge in [0.15, 0.2) is 5.13 Å². The largest absolute Gasteiger partial charge is 0.361 e. The van der Waals surface area contributed by atoms with Crippen molar-refractivity contribution in [1.29, 1.82) is 0 Å². The van der Waals surface area contributed by atoms with E-state index in [9.17, 15) is 4.79 Å². The SMILES string of the molecule is CC(C)CNc1nc(C(=O)NCc2cccnc2)cs1. The number of anilines is 1. The lowest BCUT2D eigenvalue weighted by molar-refractivity contribution is 0.0946. The Kier molecular flexibility index (Phi) is 5.06. The molecule has 2 heterocycles. The Bertz CT molecular complexity index is 553. The number of aromatic nitrogens is 2. The number of carbonyl (C=O) groups is 1. The number of nitrogens with one attached hydrogen (secondary N) is 2. The van der Waals surface area contributed by atoms with Gasteiger partial charge in [-0.3, -0.25) is 9.78 Å². The standard InChI is InChI=1S/C14H18N4OS/c1-10(2)6-17-14-18-12(9-20-14)13(19)16-8-11-4-3-5-15-7-11/h3-5,7,9-10H,6,8H2,1-2H3,(H,16,19)(H,17,18). The summed E-state index contributed by atoms with van der Waals surface area (Å²) < 4.78 is 0. The van der Waals surface area contributed by atoms with Crippen molar-refractivity contribution < 1.29 is 4.79 Å². The van der Waals surface area contributed by atoms with Crippen LogP contribution in [0.1, 0.15) is 29.9 Å². The third-order valence-corrected chi connectivity index (χ3v) is 3.37. The van der Waals surface area contributed by atoms with Crippen molar-refractivity contribution >= 4 is 22.4 Å². The number of carbonyl (C=O) groups excluding carboxylic acids is 1. The first-order chi connectivity index (χ1) is 9.65. The molecule has 0 aliphatic heterocycles. The van der Waals surface area contributed by atoms with Gasteiger partial charge in [0, 0.05) is 30.9 Å². The van der Waals surface area contributed by atoms with Crippen LogP contribution in [0.25, 0.3) is 0 Å². The molecule has 0 atom stereocenters. The molecule has 0 saturated heterocycles. The second kappa shape index (κ2) is 7.00. The molecule has 0 saturated carbocycles. The van der Waals surface area contributed by atoms with E-state index in [4.69, 9.17) is 0 Å². The Balaban J connectivity index is 1.86. The van der Waals surface area contributed by atoms with Crippen LogP contribution in [-0.2, 0) is 6.54 Å². The first kappa shape index (κ1) is 14.5. The van der Waals surface area contributed by atoms with Gasteiger partial charge in [-0.15, -0.1) is 11.3 Å². The summed E-state index contributed by atoms with van der Waals surface area (Å²) in [5.41, 5.74) is 1.42. The summed E-state index contributed by atoms with van der Waals surface area (Å²) in [5.74, 6) is 0.379. The summed E-state index contributed by atoms with van der Waals surface area (Å²) in [7, 11) is 0. The highest BCUT2D eigenvalue weighted by molar-refractivity contribution is 7.13. The maximum absolute atomic E-state index is 12.0. The summed E-state index contributed by atoms with van der Waals surface area (Å²) in [6.45, 7) is 5.56. The Morgan fingerprint density at radius 2 is 2.30 bits per heavy atom. The second-order valence-corrected chi connectivity index (χ2v) is 5.71. The molecule has 0 bridgehead atoms. The van der Waals surface area contributed by atoms with Crippen molar-refractivity contribution in [3.8, 4) is 0 Å². The van der Waals surface area contributed by atoms with Gasteiger partial charge in [-0.1, -0.05) is 19.9 Å². The van der Waals surface area contributed by atoms with Crippen molar-refractivity contribution in [2.24, 2.45) is 5.92 Å². The Morgan fingerprint density at radius 1 is 1.45 bits per heavy atom. The summed E-state index contributed by atoms with van der Waals surface area (Å²) in [5, 5.41) is 8.59. The van der Waals surface area contributed by atoms with Crippen LogP contribution in [0.5, 0.6) is 0 Å². The molecule has 0 spiro atoms. The van der Waals surface area contributed by atoms with Crippen LogP contribution >= 0.6 is 11.3 Å². The van der Waals surface area contributed by atoms with Crippen molar-refractivity contribution in [2.75, 3.05) is 11.9 Å². The zero-order valence-electron chi connectivity index (χ0n) is 11.6. The molecule has 2 aromatic heterocycles. The van der Waals surface area contributed by atoms with Crippen LogP contribution in [0, 0.1) is 5.92 Å². The summed E-state index contributed by atoms with van der Waals surface area (Å²) in [6, 6.07) is 3.77. The molecular formula is C14H18N4OS. The average Bonchev–Trinajstić information content (AvgIpc) is 2.92. The Labute approximate surface area is 122 Å². The third kappa shape index (κ3) is 4.31. The van der Waals surface area contributed by atoms with Crippen molar-refractivity contribution in [2.45, 2.75) is 20.4 Å². The van der Waals surface area contributed by atoms with Gasteiger partial charge in [0.25, 0.3) is 5.91 Å². The van der Waals surface area contributed by atoms with Gasteiger partial charge in [-0.05, 0) is 17.5 Å². The molecule has 0 unspecified atom stereocenters. The molecule has 0 aliphatic carbocycles. The number of rotatable bonds is 6. The minimum Gasteiger partial charge on any atom is -0.361 e. The molecular weight excluding hydrogens is 272 g/mol. The Morgan fingerprint density at radius 3 is 3.00 bits per heavy atom. The normalized spacial score (nSPS) is 10.6. The number of nitrogens with zero attached hydrogens (tertiary/aromatic N) is 2. The van der Waals surface area contributed by atoms with Crippen LogP contribution in [0.3, 0.4) is 0 Å². The second-order valence-electron chi connectivity index (χ2n) is 4.86. The number of amides is 1. The van der Waals surface area contributed by atoms with Gasteiger partial charge in [-0.25, -0.2) is 4.98 Å². The van der Waals surface area contributed by atoms with E-state index in [1.165, 1.54) is 11.3 Å². The van der Waals surface area contributed by atoms with Gasteiger partial charge in [0.1, 0.15) is 5.69 Å². The van der Waals surface area contributed by atoms with E-state index in [0.29, 0.717) is 18.2 Å². The fourth-order valence-corrected chi connectivity index (χ4v) is 2.23. The van der Waals surface area contributed by atoms with Crippen LogP contribution in [0.2, 0.25) is 0 Å². The maximum atomic E-state index is 12.0. The van der Waals surface area contributed by atoms with Gasteiger partial charge in [0.05, 0.1) is 0 Å². The minimum absolute atomic E-state index is 0.164. The maximum Gasteiger partial charge on any atom is 0.271 e. The van der Waals surface area contributed by atoms with E-state index >= 15 is 0 Å². The Hall–Kier alpha value is -1.95. The highest BCUT2D eigenvalue weighted by atomic mass is 32.1. The minimum atomic E-state index is -0.164. The molecule has 5 nitrogen and oxygen atoms in total. The topological polar surface area (TPSA) is 66.9 Å². The van der Waals surface area contributed by atoms with E-state index in [-0.39, 0.29) is 5.91 Å². The number of hydrogen-bond acceptors (Lipinski definition) is 5. The van der Waals surface area contributed by atoms with Gasteiger partial charge >= 0.3 is 0 Å². The summed E-state index contributed by atoms with van der Waals surface area (Å²) in [4.78, 5) is 20.2. The monoisotopic (exact) mass is 290 g/mol. The predicted octanol–water partition coefficient (Wildman–Crippen LogP) is 2.54. The van der Waals surface area contributed by atoms with Gasteiger partial charge in [0.2, 0.25) is 0 Å². The molecule has 2 rings (SSSR count). The first-order valence-corrected chi connectivity index (χ1v) is 7.39. The highest BCUT2D eigenvalue weighted by Crippen LogP contribution is 2.15. The van der Waals surface area contributed by atoms with E-state index < -0.39 is 0 Å². The smallest absolute Gasteiger partial charge is 0.271 e. The van der Waals surface area contributed by atoms with E-state index in [1.807, 2.05) is 12.1 Å². The zero-order valence-corrected chi connectivity index (χ0v) is 12.4. The molecule has 0 aliphatic rings. The summed E-state index contributed by atoms with van der Waals surface area (Å²) >= 11 is 1.45. The van der Waals surface area contributed by atoms with Crippen molar-refractivity contribution in [3.63, 3.8) is 0 Å². The third-order valence-electron chi connectivity index (χ3n) is 2.57. The lowest BCUT2D eigenvalue weighted by atomic mass is 10.2. The van der Waals surface area contributed by atoms with E-state index in [1.54, 1.807) is 17.8 Å². The van der Waals surface area contributed by atoms with Crippen LogP contribution in [-0.4, -0.2) is 22.4 Å². The molecule has 2 N–H and O–H groups in total. The zero-order chi connectivity index (χ0) is 14.4. The molecule has 1 amide bonds. The molecule has 106 valence electrons. The number of pyridine rings is 1. The first-order valence-electron chi connectivity index (χ1n) is 6.51.